The Morgan fingerprint density at radius 3 is 1.56 bits per heavy atom. The summed E-state index contributed by atoms with van der Waals surface area (Å²) in [6.45, 7) is 0. The fourth-order valence-corrected chi connectivity index (χ4v) is 2.41. The Labute approximate surface area is 153 Å². The Morgan fingerprint density at radius 1 is 0.963 bits per heavy atom. The van der Waals surface area contributed by atoms with Crippen LogP contribution in [0.1, 0.15) is 17.2 Å². The van der Waals surface area contributed by atoms with Crippen LogP contribution in [0.3, 0.4) is 0 Å². The first-order valence-electron chi connectivity index (χ1n) is 7.12. The maximum Gasteiger partial charge on any atom is 0.522 e. The van der Waals surface area contributed by atoms with Crippen molar-refractivity contribution in [1.29, 1.82) is 0 Å². The van der Waals surface area contributed by atoms with Crippen molar-refractivity contribution in [3.63, 3.8) is 0 Å². The van der Waals surface area contributed by atoms with E-state index in [0.717, 1.165) is 11.1 Å². The first-order chi connectivity index (χ1) is 12.4. The van der Waals surface area contributed by atoms with Crippen LogP contribution in [0.15, 0.2) is 60.7 Å². The Balaban J connectivity index is 0.000000387. The molecule has 2 aromatic carbocycles. The molecule has 0 fully saturated rings. The molecule has 0 radical (unpaired) electrons. The number of benzene rings is 2. The summed E-state index contributed by atoms with van der Waals surface area (Å²) in [5.74, 6) is 0. The first kappa shape index (κ1) is 23.3. The lowest BCUT2D eigenvalue weighted by molar-refractivity contribution is -0.0510. The summed E-state index contributed by atoms with van der Waals surface area (Å²) in [7, 11) is -9.85. The molecule has 0 amide bonds. The van der Waals surface area contributed by atoms with E-state index in [4.69, 9.17) is 22.6 Å². The zero-order valence-electron chi connectivity index (χ0n) is 13.5. The summed E-state index contributed by atoms with van der Waals surface area (Å²) in [6, 6.07) is 18.3. The number of aliphatic hydroxyl groups excluding tert-OH is 1. The van der Waals surface area contributed by atoms with Gasteiger partial charge in [-0.2, -0.15) is 21.6 Å². The molecule has 2 aromatic rings. The zero-order chi connectivity index (χ0) is 20.7. The van der Waals surface area contributed by atoms with E-state index in [1.807, 2.05) is 60.7 Å². The van der Waals surface area contributed by atoms with E-state index in [-0.39, 0.29) is 0 Å². The molecular formula is C15H16F3O7PS. The monoisotopic (exact) mass is 428 g/mol. The fraction of sp³-hybridized carbons (Fsp3) is 0.200. The summed E-state index contributed by atoms with van der Waals surface area (Å²) in [5.41, 5.74) is -4.01. The van der Waals surface area contributed by atoms with E-state index in [0.29, 0.717) is 0 Å². The van der Waals surface area contributed by atoms with E-state index < -0.39 is 35.7 Å². The van der Waals surface area contributed by atoms with Gasteiger partial charge in [0.05, 0.1) is 0 Å². The molecule has 1 unspecified atom stereocenters. The van der Waals surface area contributed by atoms with Gasteiger partial charge in [0.15, 0.2) is 0 Å². The molecule has 1 atom stereocenters. The quantitative estimate of drug-likeness (QED) is 0.380. The predicted molar refractivity (Wildman–Crippen MR) is 90.3 cm³/mol. The summed E-state index contributed by atoms with van der Waals surface area (Å²) < 4.78 is 74.4. The molecule has 2 rings (SSSR count). The molecule has 0 spiro atoms. The van der Waals surface area contributed by atoms with Crippen LogP contribution >= 0.6 is 7.60 Å². The summed E-state index contributed by atoms with van der Waals surface area (Å²) in [4.78, 5) is 9.50. The highest BCUT2D eigenvalue weighted by molar-refractivity contribution is 7.86. The summed E-state index contributed by atoms with van der Waals surface area (Å²) in [6.07, 6.45) is -1.58. The first-order valence-corrected chi connectivity index (χ1v) is 10.3. The van der Waals surface area contributed by atoms with Crippen LogP contribution in [0, 0.1) is 0 Å². The van der Waals surface area contributed by atoms with Crippen LogP contribution in [0.4, 0.5) is 13.2 Å². The average Bonchev–Trinajstić information content (AvgIpc) is 2.60. The van der Waals surface area contributed by atoms with Gasteiger partial charge in [0.2, 0.25) is 0 Å². The molecule has 7 nitrogen and oxygen atoms in total. The highest BCUT2D eigenvalue weighted by Gasteiger charge is 2.44. The highest BCUT2D eigenvalue weighted by atomic mass is 32.2. The molecule has 0 saturated heterocycles. The van der Waals surface area contributed by atoms with E-state index in [1.165, 1.54) is 0 Å². The third-order valence-electron chi connectivity index (χ3n) is 2.95. The van der Waals surface area contributed by atoms with Gasteiger partial charge in [-0.1, -0.05) is 60.7 Å². The number of alkyl halides is 3. The van der Waals surface area contributed by atoms with Gasteiger partial charge in [0.25, 0.3) is 0 Å². The van der Waals surface area contributed by atoms with Crippen molar-refractivity contribution in [2.24, 2.45) is 0 Å². The maximum atomic E-state index is 11.6. The molecule has 0 aliphatic rings. The summed E-state index contributed by atoms with van der Waals surface area (Å²) in [5, 5.41) is 8.90. The van der Waals surface area contributed by atoms with E-state index in [9.17, 15) is 22.6 Å². The molecule has 12 heteroatoms. The number of halogens is 3. The Morgan fingerprint density at radius 2 is 1.30 bits per heavy atom. The van der Waals surface area contributed by atoms with Crippen molar-refractivity contribution in [3.05, 3.63) is 71.8 Å². The van der Waals surface area contributed by atoms with Crippen molar-refractivity contribution in [1.82, 2.24) is 0 Å². The minimum Gasteiger partial charge on any atom is -0.384 e. The fourth-order valence-electron chi connectivity index (χ4n) is 1.77. The van der Waals surface area contributed by atoms with Crippen LogP contribution in [-0.4, -0.2) is 34.8 Å². The Kier molecular flexibility index (Phi) is 8.15. The van der Waals surface area contributed by atoms with Crippen molar-refractivity contribution < 1.29 is 45.2 Å². The Hall–Kier alpha value is -1.75. The number of aliphatic hydroxyl groups is 1. The SMILES string of the molecule is O=P(O)(CO)OC(c1ccccc1)c1ccccc1.O=S(=O)(O)C(F)(F)F. The van der Waals surface area contributed by atoms with Crippen LogP contribution in [-0.2, 0) is 19.2 Å². The van der Waals surface area contributed by atoms with Crippen LogP contribution in [0.5, 0.6) is 0 Å². The molecule has 0 saturated carbocycles. The molecule has 27 heavy (non-hydrogen) atoms. The van der Waals surface area contributed by atoms with Gasteiger partial charge in [-0.15, -0.1) is 0 Å². The molecular weight excluding hydrogens is 412 g/mol. The molecule has 150 valence electrons. The zero-order valence-corrected chi connectivity index (χ0v) is 15.2. The van der Waals surface area contributed by atoms with Gasteiger partial charge in [-0.3, -0.25) is 13.6 Å². The van der Waals surface area contributed by atoms with Crippen LogP contribution in [0.25, 0.3) is 0 Å². The van der Waals surface area contributed by atoms with Crippen molar-refractivity contribution in [3.8, 4) is 0 Å². The van der Waals surface area contributed by atoms with Gasteiger partial charge in [0.1, 0.15) is 12.5 Å². The third kappa shape index (κ3) is 7.79. The number of hydrogen-bond donors (Lipinski definition) is 3. The smallest absolute Gasteiger partial charge is 0.384 e. The van der Waals surface area contributed by atoms with Gasteiger partial charge >= 0.3 is 23.2 Å². The van der Waals surface area contributed by atoms with Crippen molar-refractivity contribution in [2.75, 3.05) is 6.35 Å². The molecule has 3 N–H and O–H groups in total. The van der Waals surface area contributed by atoms with E-state index >= 15 is 0 Å². The van der Waals surface area contributed by atoms with E-state index in [1.54, 1.807) is 0 Å². The van der Waals surface area contributed by atoms with Gasteiger partial charge in [-0.05, 0) is 11.1 Å². The Bertz CT molecular complexity index is 818. The van der Waals surface area contributed by atoms with Crippen LogP contribution < -0.4 is 0 Å². The van der Waals surface area contributed by atoms with Crippen molar-refractivity contribution in [2.45, 2.75) is 11.6 Å². The molecule has 0 bridgehead atoms. The molecule has 0 aliphatic carbocycles. The topological polar surface area (TPSA) is 121 Å². The maximum absolute atomic E-state index is 11.6. The molecule has 0 heterocycles. The standard InChI is InChI=1S/C14H15O4P.CHF3O3S/c15-11-19(16,17)18-14(12-7-3-1-4-8-12)13-9-5-2-6-10-13;2-1(3,4)8(5,6)7/h1-10,14-15H,11H2,(H,16,17);(H,5,6,7). The van der Waals surface area contributed by atoms with Gasteiger partial charge in [0, 0.05) is 0 Å². The summed E-state index contributed by atoms with van der Waals surface area (Å²) >= 11 is 0. The lowest BCUT2D eigenvalue weighted by Crippen LogP contribution is -2.21. The van der Waals surface area contributed by atoms with Gasteiger partial charge < -0.3 is 10.00 Å². The molecule has 0 aliphatic heterocycles. The normalized spacial score (nSPS) is 14.2. The van der Waals surface area contributed by atoms with Crippen LogP contribution in [0.2, 0.25) is 0 Å². The second kappa shape index (κ2) is 9.45. The number of rotatable bonds is 5. The number of hydrogen-bond acceptors (Lipinski definition) is 5. The third-order valence-corrected chi connectivity index (χ3v) is 4.43. The second-order valence-corrected chi connectivity index (χ2v) is 8.19. The lowest BCUT2D eigenvalue weighted by Gasteiger charge is -2.21. The minimum atomic E-state index is -5.84. The second-order valence-electron chi connectivity index (χ2n) is 5.01. The van der Waals surface area contributed by atoms with E-state index in [2.05, 4.69) is 0 Å². The highest BCUT2D eigenvalue weighted by Crippen LogP contribution is 2.47. The van der Waals surface area contributed by atoms with Crippen molar-refractivity contribution >= 4 is 17.7 Å². The predicted octanol–water partition coefficient (Wildman–Crippen LogP) is 3.32. The molecule has 0 aromatic heterocycles. The lowest BCUT2D eigenvalue weighted by atomic mass is 10.0. The van der Waals surface area contributed by atoms with Gasteiger partial charge in [-0.25, -0.2) is 0 Å². The minimum absolute atomic E-state index is 0.676. The largest absolute Gasteiger partial charge is 0.522 e. The average molecular weight is 428 g/mol.